The van der Waals surface area contributed by atoms with Gasteiger partial charge in [-0.05, 0) is 24.7 Å². The minimum atomic E-state index is -3.44. The zero-order valence-corrected chi connectivity index (χ0v) is 13.4. The van der Waals surface area contributed by atoms with Crippen molar-refractivity contribution in [2.24, 2.45) is 5.41 Å². The molecule has 7 nitrogen and oxygen atoms in total. The number of carbonyl (C=O) groups is 1. The largest absolute Gasteiger partial charge is 0.480 e. The van der Waals surface area contributed by atoms with Crippen LogP contribution in [0.5, 0.6) is 0 Å². The van der Waals surface area contributed by atoms with Gasteiger partial charge in [0.2, 0.25) is 0 Å². The molecule has 8 heteroatoms. The van der Waals surface area contributed by atoms with E-state index in [-0.39, 0.29) is 24.7 Å². The zero-order chi connectivity index (χ0) is 15.7. The summed E-state index contributed by atoms with van der Waals surface area (Å²) in [6.45, 7) is 5.67. The lowest BCUT2D eigenvalue weighted by atomic mass is 9.83. The lowest BCUT2D eigenvalue weighted by Crippen LogP contribution is -2.48. The highest BCUT2D eigenvalue weighted by molar-refractivity contribution is 7.86. The van der Waals surface area contributed by atoms with Crippen molar-refractivity contribution in [1.29, 1.82) is 0 Å². The van der Waals surface area contributed by atoms with E-state index in [2.05, 4.69) is 13.8 Å². The Labute approximate surface area is 126 Å². The number of piperidine rings is 1. The van der Waals surface area contributed by atoms with E-state index in [0.29, 0.717) is 26.1 Å². The Bertz CT molecular complexity index is 481. The fourth-order valence-electron chi connectivity index (χ4n) is 2.72. The molecular formula is C13H24N2O5S. The highest BCUT2D eigenvalue weighted by atomic mass is 32.2. The first-order valence-electron chi connectivity index (χ1n) is 7.29. The van der Waals surface area contributed by atoms with Gasteiger partial charge in [-0.15, -0.1) is 0 Å². The van der Waals surface area contributed by atoms with Crippen LogP contribution in [0.1, 0.15) is 33.1 Å². The molecular weight excluding hydrogens is 296 g/mol. The quantitative estimate of drug-likeness (QED) is 0.798. The van der Waals surface area contributed by atoms with E-state index in [1.807, 2.05) is 0 Å². The third-order valence-electron chi connectivity index (χ3n) is 4.28. The average Bonchev–Trinajstić information content (AvgIpc) is 2.85. The van der Waals surface area contributed by atoms with Crippen molar-refractivity contribution >= 4 is 16.2 Å². The third-order valence-corrected chi connectivity index (χ3v) is 6.28. The normalized spacial score (nSPS) is 27.8. The number of carboxylic acid groups (broad SMARTS) is 1. The van der Waals surface area contributed by atoms with E-state index in [9.17, 15) is 13.2 Å². The van der Waals surface area contributed by atoms with Crippen LogP contribution in [0.15, 0.2) is 0 Å². The van der Waals surface area contributed by atoms with Gasteiger partial charge in [-0.2, -0.15) is 17.0 Å². The van der Waals surface area contributed by atoms with Gasteiger partial charge in [-0.25, -0.2) is 4.79 Å². The molecule has 1 atom stereocenters. The van der Waals surface area contributed by atoms with E-state index < -0.39 is 16.2 Å². The summed E-state index contributed by atoms with van der Waals surface area (Å²) in [6, 6.07) is 0. The Hall–Kier alpha value is -0.700. The summed E-state index contributed by atoms with van der Waals surface area (Å²) < 4.78 is 33.3. The Balaban J connectivity index is 1.91. The van der Waals surface area contributed by atoms with Gasteiger partial charge in [0.1, 0.15) is 6.61 Å². The molecule has 0 aromatic rings. The number of hydrogen-bond acceptors (Lipinski definition) is 4. The first-order chi connectivity index (χ1) is 9.71. The molecule has 0 aromatic carbocycles. The Morgan fingerprint density at radius 2 is 1.86 bits per heavy atom. The topological polar surface area (TPSA) is 87.2 Å². The van der Waals surface area contributed by atoms with Gasteiger partial charge in [0.25, 0.3) is 10.2 Å². The third kappa shape index (κ3) is 4.15. The fourth-order valence-corrected chi connectivity index (χ4v) is 4.38. The van der Waals surface area contributed by atoms with Gasteiger partial charge >= 0.3 is 5.97 Å². The molecule has 0 aromatic heterocycles. The Morgan fingerprint density at radius 3 is 2.43 bits per heavy atom. The monoisotopic (exact) mass is 320 g/mol. The maximum atomic E-state index is 12.6. The summed E-state index contributed by atoms with van der Waals surface area (Å²) in [5.41, 5.74) is 0.199. The maximum absolute atomic E-state index is 12.6. The molecule has 2 heterocycles. The van der Waals surface area contributed by atoms with Gasteiger partial charge in [-0.1, -0.05) is 13.8 Å². The van der Waals surface area contributed by atoms with Crippen LogP contribution in [0.2, 0.25) is 0 Å². The van der Waals surface area contributed by atoms with E-state index in [0.717, 1.165) is 12.8 Å². The molecule has 21 heavy (non-hydrogen) atoms. The number of aliphatic carboxylic acids is 1. The average molecular weight is 320 g/mol. The molecule has 2 saturated heterocycles. The molecule has 0 saturated carbocycles. The van der Waals surface area contributed by atoms with Crippen molar-refractivity contribution in [3.05, 3.63) is 0 Å². The summed E-state index contributed by atoms with van der Waals surface area (Å²) >= 11 is 0. The maximum Gasteiger partial charge on any atom is 0.329 e. The van der Waals surface area contributed by atoms with Crippen molar-refractivity contribution in [2.75, 3.05) is 32.8 Å². The second-order valence-electron chi connectivity index (χ2n) is 6.54. The van der Waals surface area contributed by atoms with Crippen LogP contribution in [0, 0.1) is 5.41 Å². The van der Waals surface area contributed by atoms with E-state index in [4.69, 9.17) is 9.84 Å². The van der Waals surface area contributed by atoms with Crippen LogP contribution in [0.4, 0.5) is 0 Å². The Morgan fingerprint density at radius 1 is 1.24 bits per heavy atom. The standard InChI is InChI=1S/C13H24N2O5S/c1-13(2)4-7-14(8-5-13)21(18,19)15-6-3-11(9-15)20-10-12(16)17/h11H,3-10H2,1-2H3,(H,16,17)/t11-/m0/s1. The highest BCUT2D eigenvalue weighted by Gasteiger charge is 2.38. The van der Waals surface area contributed by atoms with Crippen molar-refractivity contribution in [3.63, 3.8) is 0 Å². The van der Waals surface area contributed by atoms with Crippen molar-refractivity contribution in [2.45, 2.75) is 39.2 Å². The number of rotatable bonds is 5. The minimum absolute atomic E-state index is 0.199. The van der Waals surface area contributed by atoms with Crippen LogP contribution >= 0.6 is 0 Å². The molecule has 2 aliphatic rings. The molecule has 0 radical (unpaired) electrons. The van der Waals surface area contributed by atoms with Crippen molar-refractivity contribution in [1.82, 2.24) is 8.61 Å². The Kier molecular flexibility index (Phi) is 4.92. The highest BCUT2D eigenvalue weighted by Crippen LogP contribution is 2.32. The van der Waals surface area contributed by atoms with Crippen LogP contribution in [-0.2, 0) is 19.7 Å². The first kappa shape index (κ1) is 16.7. The van der Waals surface area contributed by atoms with Gasteiger partial charge < -0.3 is 9.84 Å². The predicted octanol–water partition coefficient (Wildman–Crippen LogP) is 0.529. The molecule has 0 bridgehead atoms. The lowest BCUT2D eigenvalue weighted by Gasteiger charge is -2.37. The van der Waals surface area contributed by atoms with Crippen LogP contribution < -0.4 is 0 Å². The number of hydrogen-bond donors (Lipinski definition) is 1. The predicted molar refractivity (Wildman–Crippen MR) is 77.1 cm³/mol. The molecule has 0 aliphatic carbocycles. The number of nitrogens with zero attached hydrogens (tertiary/aromatic N) is 2. The summed E-state index contributed by atoms with van der Waals surface area (Å²) in [4.78, 5) is 10.5. The summed E-state index contributed by atoms with van der Waals surface area (Å²) in [6.07, 6.45) is 1.95. The van der Waals surface area contributed by atoms with E-state index in [1.165, 1.54) is 8.61 Å². The number of carboxylic acids is 1. The van der Waals surface area contributed by atoms with Crippen LogP contribution in [0.3, 0.4) is 0 Å². The van der Waals surface area contributed by atoms with Crippen molar-refractivity contribution in [3.8, 4) is 0 Å². The van der Waals surface area contributed by atoms with Gasteiger partial charge in [0.05, 0.1) is 6.10 Å². The summed E-state index contributed by atoms with van der Waals surface area (Å²) in [7, 11) is -3.44. The van der Waals surface area contributed by atoms with Gasteiger partial charge in [0, 0.05) is 26.2 Å². The van der Waals surface area contributed by atoms with Crippen LogP contribution in [-0.4, -0.2) is 67.0 Å². The van der Waals surface area contributed by atoms with Gasteiger partial charge in [0.15, 0.2) is 0 Å². The second kappa shape index (κ2) is 6.20. The SMILES string of the molecule is CC1(C)CCN(S(=O)(=O)N2CC[C@H](OCC(=O)O)C2)CC1. The van der Waals surface area contributed by atoms with E-state index >= 15 is 0 Å². The molecule has 122 valence electrons. The molecule has 1 N–H and O–H groups in total. The summed E-state index contributed by atoms with van der Waals surface area (Å²) in [5, 5.41) is 8.59. The molecule has 2 rings (SSSR count). The molecule has 0 amide bonds. The van der Waals surface area contributed by atoms with Gasteiger partial charge in [-0.3, -0.25) is 0 Å². The smallest absolute Gasteiger partial charge is 0.329 e. The lowest BCUT2D eigenvalue weighted by molar-refractivity contribution is -0.144. The van der Waals surface area contributed by atoms with Crippen molar-refractivity contribution < 1.29 is 23.1 Å². The first-order valence-corrected chi connectivity index (χ1v) is 8.69. The molecule has 2 aliphatic heterocycles. The molecule has 0 spiro atoms. The summed E-state index contributed by atoms with van der Waals surface area (Å²) in [5.74, 6) is -1.03. The molecule has 0 unspecified atom stereocenters. The second-order valence-corrected chi connectivity index (χ2v) is 8.47. The zero-order valence-electron chi connectivity index (χ0n) is 12.6. The number of ether oxygens (including phenoxy) is 1. The van der Waals surface area contributed by atoms with Crippen LogP contribution in [0.25, 0.3) is 0 Å². The fraction of sp³-hybridized carbons (Fsp3) is 0.923. The van der Waals surface area contributed by atoms with E-state index in [1.54, 1.807) is 0 Å². The molecule has 2 fully saturated rings. The minimum Gasteiger partial charge on any atom is -0.480 e.